The number of fused-ring (bicyclic) bond motifs is 1. The zero-order valence-electron chi connectivity index (χ0n) is 12.2. The normalized spacial score (nSPS) is 12.4. The van der Waals surface area contributed by atoms with Gasteiger partial charge in [-0.05, 0) is 30.2 Å². The molecule has 112 valence electrons. The van der Waals surface area contributed by atoms with Crippen LogP contribution in [0.1, 0.15) is 25.0 Å². The van der Waals surface area contributed by atoms with Gasteiger partial charge in [0.15, 0.2) is 0 Å². The molecule has 6 nitrogen and oxygen atoms in total. The summed E-state index contributed by atoms with van der Waals surface area (Å²) in [5.41, 5.74) is 14.6. The highest BCUT2D eigenvalue weighted by molar-refractivity contribution is 5.91. The number of primary amides is 1. The molecule has 3 rings (SSSR count). The van der Waals surface area contributed by atoms with Crippen molar-refractivity contribution in [3.63, 3.8) is 0 Å². The maximum absolute atomic E-state index is 11.5. The van der Waals surface area contributed by atoms with Crippen LogP contribution >= 0.6 is 0 Å². The van der Waals surface area contributed by atoms with Gasteiger partial charge in [-0.3, -0.25) is 9.89 Å². The van der Waals surface area contributed by atoms with Gasteiger partial charge in [-0.25, -0.2) is 4.98 Å². The number of hydrogen-bond acceptors (Lipinski definition) is 4. The van der Waals surface area contributed by atoms with Crippen molar-refractivity contribution < 1.29 is 4.79 Å². The molecule has 1 unspecified atom stereocenters. The second kappa shape index (κ2) is 5.48. The van der Waals surface area contributed by atoms with Gasteiger partial charge in [0.2, 0.25) is 5.91 Å². The van der Waals surface area contributed by atoms with Crippen LogP contribution < -0.4 is 11.5 Å². The van der Waals surface area contributed by atoms with E-state index in [0.29, 0.717) is 12.2 Å². The fourth-order valence-corrected chi connectivity index (χ4v) is 2.60. The third-order valence-electron chi connectivity index (χ3n) is 3.80. The van der Waals surface area contributed by atoms with Crippen LogP contribution in [0, 0.1) is 0 Å². The Bertz CT molecular complexity index is 822. The molecule has 0 saturated heterocycles. The number of hydrogen-bond donors (Lipinski definition) is 3. The molecule has 6 heteroatoms. The van der Waals surface area contributed by atoms with Crippen LogP contribution in [-0.4, -0.2) is 21.1 Å². The molecule has 1 aromatic carbocycles. The van der Waals surface area contributed by atoms with E-state index < -0.39 is 0 Å². The first-order valence-electron chi connectivity index (χ1n) is 7.09. The van der Waals surface area contributed by atoms with Gasteiger partial charge in [-0.15, -0.1) is 0 Å². The summed E-state index contributed by atoms with van der Waals surface area (Å²) in [6.45, 7) is 1.93. The minimum Gasteiger partial charge on any atom is -0.384 e. The van der Waals surface area contributed by atoms with Gasteiger partial charge in [-0.2, -0.15) is 5.10 Å². The number of aromatic amines is 1. The second-order valence-corrected chi connectivity index (χ2v) is 5.20. The molecule has 0 fully saturated rings. The van der Waals surface area contributed by atoms with E-state index in [1.54, 1.807) is 12.3 Å². The molecule has 5 N–H and O–H groups in total. The Labute approximate surface area is 127 Å². The van der Waals surface area contributed by atoms with Gasteiger partial charge in [0, 0.05) is 17.1 Å². The summed E-state index contributed by atoms with van der Waals surface area (Å²) in [5.74, 6) is -0.215. The average molecular weight is 295 g/mol. The van der Waals surface area contributed by atoms with Gasteiger partial charge in [0.25, 0.3) is 0 Å². The summed E-state index contributed by atoms with van der Waals surface area (Å²) in [6.07, 6.45) is 2.36. The molecular formula is C16H17N5O. The van der Waals surface area contributed by atoms with Crippen molar-refractivity contribution in [2.75, 3.05) is 5.73 Å². The molecule has 22 heavy (non-hydrogen) atoms. The number of amides is 1. The Balaban J connectivity index is 2.05. The molecule has 0 bridgehead atoms. The lowest BCUT2D eigenvalue weighted by atomic mass is 9.97. The SMILES string of the molecule is CCC(C(N)=O)c1[nH]nc2cc(-c3ccc(N)nc3)ccc12. The van der Waals surface area contributed by atoms with Gasteiger partial charge in [0.05, 0.1) is 17.1 Å². The van der Waals surface area contributed by atoms with Crippen LogP contribution in [0.2, 0.25) is 0 Å². The number of benzene rings is 1. The van der Waals surface area contributed by atoms with Crippen LogP contribution in [0.15, 0.2) is 36.5 Å². The van der Waals surface area contributed by atoms with Crippen LogP contribution in [0.4, 0.5) is 5.82 Å². The lowest BCUT2D eigenvalue weighted by Gasteiger charge is -2.09. The Morgan fingerprint density at radius 2 is 2.05 bits per heavy atom. The highest BCUT2D eigenvalue weighted by atomic mass is 16.1. The predicted molar refractivity (Wildman–Crippen MR) is 86.0 cm³/mol. The van der Waals surface area contributed by atoms with E-state index in [0.717, 1.165) is 27.7 Å². The fourth-order valence-electron chi connectivity index (χ4n) is 2.60. The Hall–Kier alpha value is -2.89. The lowest BCUT2D eigenvalue weighted by molar-refractivity contribution is -0.119. The highest BCUT2D eigenvalue weighted by Gasteiger charge is 2.20. The van der Waals surface area contributed by atoms with E-state index in [9.17, 15) is 4.79 Å². The molecule has 1 atom stereocenters. The standard InChI is InChI=1S/C16H17N5O/c1-2-11(16(18)22)15-12-5-3-9(7-13(12)20-21-15)10-4-6-14(17)19-8-10/h3-8,11H,2H2,1H3,(H2,17,19)(H2,18,22)(H,20,21). The summed E-state index contributed by atoms with van der Waals surface area (Å²) in [6, 6.07) is 9.55. The second-order valence-electron chi connectivity index (χ2n) is 5.20. The molecule has 0 spiro atoms. The van der Waals surface area contributed by atoms with E-state index in [1.165, 1.54) is 0 Å². The van der Waals surface area contributed by atoms with E-state index in [1.807, 2.05) is 31.2 Å². The number of carbonyl (C=O) groups is 1. The summed E-state index contributed by atoms with van der Waals surface area (Å²) in [5, 5.41) is 8.16. The lowest BCUT2D eigenvalue weighted by Crippen LogP contribution is -2.21. The van der Waals surface area contributed by atoms with E-state index >= 15 is 0 Å². The summed E-state index contributed by atoms with van der Waals surface area (Å²) in [4.78, 5) is 15.6. The van der Waals surface area contributed by atoms with Crippen molar-refractivity contribution in [2.24, 2.45) is 5.73 Å². The van der Waals surface area contributed by atoms with Crippen molar-refractivity contribution in [3.05, 3.63) is 42.2 Å². The van der Waals surface area contributed by atoms with Crippen LogP contribution in [0.3, 0.4) is 0 Å². The molecule has 0 saturated carbocycles. The van der Waals surface area contributed by atoms with Crippen molar-refractivity contribution in [1.82, 2.24) is 15.2 Å². The number of pyridine rings is 1. The summed E-state index contributed by atoms with van der Waals surface area (Å²) < 4.78 is 0. The number of carbonyl (C=O) groups excluding carboxylic acids is 1. The first kappa shape index (κ1) is 14.1. The van der Waals surface area contributed by atoms with E-state index in [2.05, 4.69) is 15.2 Å². The van der Waals surface area contributed by atoms with E-state index in [-0.39, 0.29) is 11.8 Å². The zero-order chi connectivity index (χ0) is 15.7. The molecule has 3 aromatic rings. The maximum Gasteiger partial charge on any atom is 0.226 e. The average Bonchev–Trinajstić information content (AvgIpc) is 2.91. The van der Waals surface area contributed by atoms with Gasteiger partial charge in [0.1, 0.15) is 5.82 Å². The van der Waals surface area contributed by atoms with Crippen molar-refractivity contribution in [1.29, 1.82) is 0 Å². The van der Waals surface area contributed by atoms with Crippen molar-refractivity contribution in [2.45, 2.75) is 19.3 Å². The molecule has 0 aliphatic rings. The molecule has 0 aliphatic carbocycles. The molecule has 0 aliphatic heterocycles. The number of nitrogens with zero attached hydrogens (tertiary/aromatic N) is 2. The van der Waals surface area contributed by atoms with Gasteiger partial charge < -0.3 is 11.5 Å². The van der Waals surface area contributed by atoms with Crippen LogP contribution in [-0.2, 0) is 4.79 Å². The predicted octanol–water partition coefficient (Wildman–Crippen LogP) is 2.19. The fraction of sp³-hybridized carbons (Fsp3) is 0.188. The van der Waals surface area contributed by atoms with Crippen LogP contribution in [0.25, 0.3) is 22.0 Å². The number of anilines is 1. The number of rotatable bonds is 4. The summed E-state index contributed by atoms with van der Waals surface area (Å²) >= 11 is 0. The largest absolute Gasteiger partial charge is 0.384 e. The third kappa shape index (κ3) is 2.39. The van der Waals surface area contributed by atoms with Gasteiger partial charge >= 0.3 is 0 Å². The molecule has 2 aromatic heterocycles. The minimum absolute atomic E-state index is 0.347. The maximum atomic E-state index is 11.5. The Morgan fingerprint density at radius 3 is 2.68 bits per heavy atom. The summed E-state index contributed by atoms with van der Waals surface area (Å²) in [7, 11) is 0. The Kier molecular flexibility index (Phi) is 3.50. The monoisotopic (exact) mass is 295 g/mol. The number of H-pyrrole nitrogens is 1. The molecule has 0 radical (unpaired) electrons. The smallest absolute Gasteiger partial charge is 0.226 e. The molecule has 1 amide bonds. The first-order valence-corrected chi connectivity index (χ1v) is 7.09. The zero-order valence-corrected chi connectivity index (χ0v) is 12.2. The van der Waals surface area contributed by atoms with Crippen LogP contribution in [0.5, 0.6) is 0 Å². The molecular weight excluding hydrogens is 278 g/mol. The molecule has 2 heterocycles. The van der Waals surface area contributed by atoms with Crippen molar-refractivity contribution >= 4 is 22.6 Å². The first-order chi connectivity index (χ1) is 10.6. The third-order valence-corrected chi connectivity index (χ3v) is 3.80. The van der Waals surface area contributed by atoms with Gasteiger partial charge in [-0.1, -0.05) is 19.1 Å². The topological polar surface area (TPSA) is 111 Å². The van der Waals surface area contributed by atoms with Crippen molar-refractivity contribution in [3.8, 4) is 11.1 Å². The highest BCUT2D eigenvalue weighted by Crippen LogP contribution is 2.29. The number of aromatic nitrogens is 3. The number of nitrogens with one attached hydrogen (secondary N) is 1. The quantitative estimate of drug-likeness (QED) is 0.685. The Morgan fingerprint density at radius 1 is 1.27 bits per heavy atom. The number of nitrogens with two attached hydrogens (primary N) is 2. The van der Waals surface area contributed by atoms with E-state index in [4.69, 9.17) is 11.5 Å². The minimum atomic E-state index is -0.353. The number of nitrogen functional groups attached to an aromatic ring is 1.